The summed E-state index contributed by atoms with van der Waals surface area (Å²) >= 11 is 4.20. The second kappa shape index (κ2) is 8.66. The molecule has 0 saturated carbocycles. The van der Waals surface area contributed by atoms with Crippen LogP contribution < -0.4 is 9.47 Å². The van der Waals surface area contributed by atoms with Crippen molar-refractivity contribution in [3.63, 3.8) is 0 Å². The molecule has 10 heteroatoms. The van der Waals surface area contributed by atoms with Gasteiger partial charge in [-0.25, -0.2) is 0 Å². The van der Waals surface area contributed by atoms with Crippen molar-refractivity contribution < 1.29 is 24.0 Å². The van der Waals surface area contributed by atoms with Crippen molar-refractivity contribution in [3.8, 4) is 11.5 Å². The van der Waals surface area contributed by atoms with Gasteiger partial charge < -0.3 is 9.47 Å². The first-order valence-corrected chi connectivity index (χ1v) is 9.85. The average Bonchev–Trinajstić information content (AvgIpc) is 2.95. The van der Waals surface area contributed by atoms with E-state index in [1.807, 2.05) is 0 Å². The molecular formula is C19H15BrN2O6S. The minimum atomic E-state index is -0.522. The maximum Gasteiger partial charge on any atom is 0.293 e. The highest BCUT2D eigenvalue weighted by Crippen LogP contribution is 2.39. The molecule has 0 aromatic heterocycles. The lowest BCUT2D eigenvalue weighted by Gasteiger charge is -2.12. The van der Waals surface area contributed by atoms with Gasteiger partial charge in [-0.05, 0) is 57.0 Å². The molecule has 0 N–H and O–H groups in total. The Labute approximate surface area is 178 Å². The molecule has 3 rings (SSSR count). The molecule has 0 aliphatic carbocycles. The molecule has 0 atom stereocenters. The van der Waals surface area contributed by atoms with Crippen LogP contribution in [0, 0.1) is 10.1 Å². The zero-order chi connectivity index (χ0) is 21.1. The highest BCUT2D eigenvalue weighted by molar-refractivity contribution is 9.10. The van der Waals surface area contributed by atoms with Crippen LogP contribution in [-0.2, 0) is 11.3 Å². The smallest absolute Gasteiger partial charge is 0.293 e. The van der Waals surface area contributed by atoms with Crippen molar-refractivity contribution in [2.24, 2.45) is 0 Å². The zero-order valence-electron chi connectivity index (χ0n) is 15.4. The number of imide groups is 1. The molecule has 0 spiro atoms. The van der Waals surface area contributed by atoms with Gasteiger partial charge in [-0.3, -0.25) is 24.6 Å². The molecular weight excluding hydrogens is 464 g/mol. The molecule has 1 heterocycles. The van der Waals surface area contributed by atoms with E-state index in [-0.39, 0.29) is 17.1 Å². The summed E-state index contributed by atoms with van der Waals surface area (Å²) in [5, 5.41) is 10.5. The zero-order valence-corrected chi connectivity index (χ0v) is 17.8. The summed E-state index contributed by atoms with van der Waals surface area (Å²) < 4.78 is 11.2. The molecule has 8 nitrogen and oxygen atoms in total. The van der Waals surface area contributed by atoms with Gasteiger partial charge in [0.15, 0.2) is 11.5 Å². The van der Waals surface area contributed by atoms with E-state index in [9.17, 15) is 19.7 Å². The quantitative estimate of drug-likeness (QED) is 0.339. The molecule has 29 heavy (non-hydrogen) atoms. The lowest BCUT2D eigenvalue weighted by molar-refractivity contribution is -0.384. The van der Waals surface area contributed by atoms with Gasteiger partial charge in [0.05, 0.1) is 35.1 Å². The third-order valence-corrected chi connectivity index (χ3v) is 5.59. The van der Waals surface area contributed by atoms with Crippen LogP contribution in [0.3, 0.4) is 0 Å². The van der Waals surface area contributed by atoms with Gasteiger partial charge in [0.25, 0.3) is 16.8 Å². The first-order chi connectivity index (χ1) is 13.8. The summed E-state index contributed by atoms with van der Waals surface area (Å²) in [7, 11) is 3.02. The molecule has 2 aromatic carbocycles. The van der Waals surface area contributed by atoms with Crippen LogP contribution in [-0.4, -0.2) is 35.2 Å². The summed E-state index contributed by atoms with van der Waals surface area (Å²) in [6.07, 6.45) is 1.59. The van der Waals surface area contributed by atoms with Crippen molar-refractivity contribution in [1.29, 1.82) is 0 Å². The lowest BCUT2D eigenvalue weighted by atomic mass is 10.1. The van der Waals surface area contributed by atoms with E-state index in [0.29, 0.717) is 27.1 Å². The second-order valence-corrected chi connectivity index (χ2v) is 7.78. The van der Waals surface area contributed by atoms with Crippen LogP contribution >= 0.6 is 27.7 Å². The van der Waals surface area contributed by atoms with E-state index in [4.69, 9.17) is 9.47 Å². The van der Waals surface area contributed by atoms with E-state index >= 15 is 0 Å². The number of halogens is 1. The van der Waals surface area contributed by atoms with Crippen molar-refractivity contribution in [2.75, 3.05) is 14.2 Å². The van der Waals surface area contributed by atoms with Crippen LogP contribution in [0.15, 0.2) is 45.8 Å². The van der Waals surface area contributed by atoms with Crippen molar-refractivity contribution in [2.45, 2.75) is 6.54 Å². The summed E-state index contributed by atoms with van der Waals surface area (Å²) in [4.78, 5) is 36.8. The fraction of sp³-hybridized carbons (Fsp3) is 0.158. The Morgan fingerprint density at radius 3 is 2.62 bits per heavy atom. The Morgan fingerprint density at radius 2 is 1.97 bits per heavy atom. The predicted molar refractivity (Wildman–Crippen MR) is 112 cm³/mol. The first-order valence-electron chi connectivity index (χ1n) is 8.24. The van der Waals surface area contributed by atoms with Gasteiger partial charge in [0.2, 0.25) is 0 Å². The Kier molecular flexibility index (Phi) is 6.23. The summed E-state index contributed by atoms with van der Waals surface area (Å²) in [6.45, 7) is -0.0423. The van der Waals surface area contributed by atoms with Gasteiger partial charge in [-0.15, -0.1) is 0 Å². The highest BCUT2D eigenvalue weighted by Gasteiger charge is 2.35. The number of methoxy groups -OCH3 is 2. The number of hydrogen-bond donors (Lipinski definition) is 0. The lowest BCUT2D eigenvalue weighted by Crippen LogP contribution is -2.27. The molecule has 0 unspecified atom stereocenters. The molecule has 2 amide bonds. The number of carbonyl (C=O) groups is 2. The van der Waals surface area contributed by atoms with Gasteiger partial charge >= 0.3 is 0 Å². The van der Waals surface area contributed by atoms with E-state index < -0.39 is 16.1 Å². The fourth-order valence-corrected chi connectivity index (χ4v) is 4.22. The minimum absolute atomic E-state index is 0.0423. The number of benzene rings is 2. The molecule has 1 fully saturated rings. The van der Waals surface area contributed by atoms with E-state index in [2.05, 4.69) is 15.9 Å². The topological polar surface area (TPSA) is 99.0 Å². The number of nitro benzene ring substituents is 1. The Balaban J connectivity index is 1.86. The van der Waals surface area contributed by atoms with Gasteiger partial charge in [0, 0.05) is 12.1 Å². The Bertz CT molecular complexity index is 1040. The van der Waals surface area contributed by atoms with Crippen molar-refractivity contribution >= 4 is 50.6 Å². The third kappa shape index (κ3) is 4.43. The largest absolute Gasteiger partial charge is 0.493 e. The Morgan fingerprint density at radius 1 is 1.21 bits per heavy atom. The van der Waals surface area contributed by atoms with Crippen molar-refractivity contribution in [3.05, 3.63) is 67.0 Å². The number of ether oxygens (including phenoxy) is 2. The normalized spacial score (nSPS) is 15.1. The van der Waals surface area contributed by atoms with Crippen LogP contribution in [0.1, 0.15) is 11.1 Å². The number of non-ortho nitro benzene ring substituents is 1. The summed E-state index contributed by atoms with van der Waals surface area (Å²) in [5.41, 5.74) is 1.05. The maximum absolute atomic E-state index is 12.7. The van der Waals surface area contributed by atoms with Gasteiger partial charge in [0.1, 0.15) is 0 Å². The molecule has 0 bridgehead atoms. The highest BCUT2D eigenvalue weighted by atomic mass is 79.9. The number of nitrogens with zero attached hydrogens (tertiary/aromatic N) is 2. The standard InChI is InChI=1S/C19H15BrN2O6S/c1-27-15-8-12(7-14(20)17(15)28-2)9-16-18(23)21(19(24)29-16)10-11-4-3-5-13(6-11)22(25)26/h3-9H,10H2,1-2H3/b16-9-. The predicted octanol–water partition coefficient (Wildman–Crippen LogP) is 4.61. The number of carbonyl (C=O) groups excluding carboxylic acids is 2. The monoisotopic (exact) mass is 478 g/mol. The van der Waals surface area contributed by atoms with E-state index in [1.165, 1.54) is 32.4 Å². The molecule has 1 aliphatic heterocycles. The van der Waals surface area contributed by atoms with Gasteiger partial charge in [-0.1, -0.05) is 12.1 Å². The van der Waals surface area contributed by atoms with Gasteiger partial charge in [-0.2, -0.15) is 0 Å². The van der Waals surface area contributed by atoms with Crippen LogP contribution in [0.5, 0.6) is 11.5 Å². The van der Waals surface area contributed by atoms with E-state index in [1.54, 1.807) is 24.3 Å². The molecule has 2 aromatic rings. The SMILES string of the molecule is COc1cc(/C=C2\SC(=O)N(Cc3cccc([N+](=O)[O-])c3)C2=O)cc(Br)c1OC. The summed E-state index contributed by atoms with van der Waals surface area (Å²) in [6, 6.07) is 9.29. The van der Waals surface area contributed by atoms with Crippen LogP contribution in [0.4, 0.5) is 10.5 Å². The summed E-state index contributed by atoms with van der Waals surface area (Å²) in [5.74, 6) is 0.532. The Hall–Kier alpha value is -2.85. The molecule has 1 aliphatic rings. The maximum atomic E-state index is 12.7. The average molecular weight is 479 g/mol. The number of thioether (sulfide) groups is 1. The van der Waals surface area contributed by atoms with Crippen molar-refractivity contribution in [1.82, 2.24) is 4.90 Å². The number of nitro groups is 1. The van der Waals surface area contributed by atoms with E-state index in [0.717, 1.165) is 16.7 Å². The number of amides is 2. The molecule has 150 valence electrons. The molecule has 1 saturated heterocycles. The van der Waals surface area contributed by atoms with Crippen LogP contribution in [0.25, 0.3) is 6.08 Å². The minimum Gasteiger partial charge on any atom is -0.493 e. The van der Waals surface area contributed by atoms with Crippen LogP contribution in [0.2, 0.25) is 0 Å². The third-order valence-electron chi connectivity index (χ3n) is 4.09. The first kappa shape index (κ1) is 20.9. The number of hydrogen-bond acceptors (Lipinski definition) is 7. The fourth-order valence-electron chi connectivity index (χ4n) is 2.76. The number of rotatable bonds is 6. The molecule has 0 radical (unpaired) electrons. The second-order valence-electron chi connectivity index (χ2n) is 5.93.